The summed E-state index contributed by atoms with van der Waals surface area (Å²) >= 11 is 0. The molecule has 0 aliphatic carbocycles. The molecule has 0 radical (unpaired) electrons. The summed E-state index contributed by atoms with van der Waals surface area (Å²) in [5, 5.41) is 0. The van der Waals surface area contributed by atoms with E-state index in [0.29, 0.717) is 29.2 Å². The summed E-state index contributed by atoms with van der Waals surface area (Å²) in [5.41, 5.74) is 1.82. The summed E-state index contributed by atoms with van der Waals surface area (Å²) < 4.78 is 27.6. The van der Waals surface area contributed by atoms with E-state index in [1.54, 1.807) is 11.1 Å². The van der Waals surface area contributed by atoms with Gasteiger partial charge in [-0.15, -0.1) is 0 Å². The van der Waals surface area contributed by atoms with Gasteiger partial charge in [0.05, 0.1) is 6.54 Å². The zero-order valence-electron chi connectivity index (χ0n) is 16.3. The van der Waals surface area contributed by atoms with E-state index in [9.17, 15) is 8.78 Å². The summed E-state index contributed by atoms with van der Waals surface area (Å²) in [6.45, 7) is 5.96. The minimum atomic E-state index is -2.69. The lowest BCUT2D eigenvalue weighted by Crippen LogP contribution is -2.27. The van der Waals surface area contributed by atoms with E-state index in [4.69, 9.17) is 0 Å². The predicted octanol–water partition coefficient (Wildman–Crippen LogP) is 3.68. The van der Waals surface area contributed by atoms with E-state index in [1.165, 1.54) is 0 Å². The number of hydrogen-bond donors (Lipinski definition) is 1. The van der Waals surface area contributed by atoms with Crippen molar-refractivity contribution in [2.24, 2.45) is 0 Å². The average molecular weight is 386 g/mol. The number of pyridine rings is 1. The van der Waals surface area contributed by atoms with Crippen LogP contribution in [0.2, 0.25) is 0 Å². The van der Waals surface area contributed by atoms with Crippen LogP contribution in [-0.2, 0) is 18.3 Å². The molecule has 0 atom stereocenters. The fraction of sp³-hybridized carbons (Fsp3) is 0.500. The van der Waals surface area contributed by atoms with Crippen LogP contribution >= 0.6 is 0 Å². The minimum Gasteiger partial charge on any atom is -0.348 e. The molecule has 1 fully saturated rings. The first kappa shape index (κ1) is 18.7. The van der Waals surface area contributed by atoms with E-state index in [0.717, 1.165) is 17.9 Å². The van der Waals surface area contributed by atoms with Crippen LogP contribution in [0.1, 0.15) is 44.5 Å². The summed E-state index contributed by atoms with van der Waals surface area (Å²) in [6.07, 6.45) is 3.00. The molecule has 1 aliphatic rings. The maximum absolute atomic E-state index is 13.8. The van der Waals surface area contributed by atoms with Crippen LogP contribution in [0.3, 0.4) is 0 Å². The standard InChI is InChI=1S/C20H24F2N6/c1-19(2,3)18-26-16-15(17(27-18)28-11-9-20(21,22)12-28)24-14(25-16)8-7-13-6-4-5-10-23-13/h4-6,10H,7-9,11-12H2,1-3H3,(H,24,25,26,27). The van der Waals surface area contributed by atoms with E-state index >= 15 is 0 Å². The quantitative estimate of drug-likeness (QED) is 0.741. The summed E-state index contributed by atoms with van der Waals surface area (Å²) in [5.74, 6) is -0.814. The molecule has 0 bridgehead atoms. The Morgan fingerprint density at radius 3 is 2.61 bits per heavy atom. The molecule has 4 heterocycles. The maximum atomic E-state index is 13.8. The molecule has 0 aromatic carbocycles. The third-order valence-electron chi connectivity index (χ3n) is 4.87. The minimum absolute atomic E-state index is 0.163. The smallest absolute Gasteiger partial charge is 0.266 e. The molecule has 0 spiro atoms. The number of aryl methyl sites for hydroxylation is 2. The van der Waals surface area contributed by atoms with E-state index < -0.39 is 5.92 Å². The van der Waals surface area contributed by atoms with Crippen molar-refractivity contribution in [3.05, 3.63) is 41.7 Å². The van der Waals surface area contributed by atoms with Gasteiger partial charge in [0.1, 0.15) is 17.2 Å². The van der Waals surface area contributed by atoms with Crippen molar-refractivity contribution in [1.82, 2.24) is 24.9 Å². The lowest BCUT2D eigenvalue weighted by Gasteiger charge is -2.22. The van der Waals surface area contributed by atoms with Crippen molar-refractivity contribution in [3.8, 4) is 0 Å². The van der Waals surface area contributed by atoms with Crippen molar-refractivity contribution in [2.45, 2.75) is 51.4 Å². The number of fused-ring (bicyclic) bond motifs is 1. The Bertz CT molecular complexity index is 978. The first-order chi connectivity index (χ1) is 13.2. The first-order valence-corrected chi connectivity index (χ1v) is 9.51. The van der Waals surface area contributed by atoms with Gasteiger partial charge in [-0.05, 0) is 18.6 Å². The van der Waals surface area contributed by atoms with Crippen LogP contribution < -0.4 is 4.90 Å². The fourth-order valence-corrected chi connectivity index (χ4v) is 3.32. The predicted molar refractivity (Wildman–Crippen MR) is 104 cm³/mol. The second-order valence-electron chi connectivity index (χ2n) is 8.35. The van der Waals surface area contributed by atoms with Gasteiger partial charge in [0.2, 0.25) is 0 Å². The van der Waals surface area contributed by atoms with Gasteiger partial charge in [0, 0.05) is 36.7 Å². The zero-order chi connectivity index (χ0) is 19.9. The molecule has 4 rings (SSSR count). The van der Waals surface area contributed by atoms with Crippen molar-refractivity contribution in [3.63, 3.8) is 0 Å². The molecule has 0 amide bonds. The molecule has 8 heteroatoms. The van der Waals surface area contributed by atoms with Gasteiger partial charge in [-0.1, -0.05) is 26.8 Å². The van der Waals surface area contributed by atoms with Crippen molar-refractivity contribution < 1.29 is 8.78 Å². The molecule has 1 aliphatic heterocycles. The number of rotatable bonds is 4. The highest BCUT2D eigenvalue weighted by molar-refractivity contribution is 5.84. The fourth-order valence-electron chi connectivity index (χ4n) is 3.32. The van der Waals surface area contributed by atoms with E-state index in [-0.39, 0.29) is 24.9 Å². The molecular weight excluding hydrogens is 362 g/mol. The zero-order valence-corrected chi connectivity index (χ0v) is 16.3. The number of aromatic amines is 1. The number of hydrogen-bond acceptors (Lipinski definition) is 5. The monoisotopic (exact) mass is 386 g/mol. The Morgan fingerprint density at radius 2 is 1.96 bits per heavy atom. The molecule has 28 heavy (non-hydrogen) atoms. The number of nitrogens with zero attached hydrogens (tertiary/aromatic N) is 5. The van der Waals surface area contributed by atoms with Gasteiger partial charge in [-0.2, -0.15) is 0 Å². The number of imidazole rings is 1. The number of halogens is 2. The number of aromatic nitrogens is 5. The molecule has 148 valence electrons. The molecule has 1 saturated heterocycles. The second kappa shape index (κ2) is 6.76. The first-order valence-electron chi connectivity index (χ1n) is 9.51. The van der Waals surface area contributed by atoms with Crippen molar-refractivity contribution in [1.29, 1.82) is 0 Å². The maximum Gasteiger partial charge on any atom is 0.266 e. The highest BCUT2D eigenvalue weighted by Crippen LogP contribution is 2.34. The topological polar surface area (TPSA) is 70.6 Å². The summed E-state index contributed by atoms with van der Waals surface area (Å²) in [6, 6.07) is 5.80. The van der Waals surface area contributed by atoms with Gasteiger partial charge < -0.3 is 9.88 Å². The summed E-state index contributed by atoms with van der Waals surface area (Å²) in [7, 11) is 0. The lowest BCUT2D eigenvalue weighted by atomic mass is 9.96. The largest absolute Gasteiger partial charge is 0.348 e. The van der Waals surface area contributed by atoms with Crippen LogP contribution in [-0.4, -0.2) is 43.9 Å². The summed E-state index contributed by atoms with van der Waals surface area (Å²) in [4.78, 5) is 23.1. The number of anilines is 1. The molecule has 0 saturated carbocycles. The Balaban J connectivity index is 1.70. The lowest BCUT2D eigenvalue weighted by molar-refractivity contribution is 0.0257. The molecule has 1 N–H and O–H groups in total. The molecular formula is C20H24F2N6. The average Bonchev–Trinajstić information content (AvgIpc) is 3.21. The van der Waals surface area contributed by atoms with E-state index in [2.05, 4.69) is 24.9 Å². The van der Waals surface area contributed by atoms with Gasteiger partial charge in [-0.3, -0.25) is 4.98 Å². The van der Waals surface area contributed by atoms with Crippen LogP contribution in [0.4, 0.5) is 14.6 Å². The highest BCUT2D eigenvalue weighted by atomic mass is 19.3. The normalized spacial score (nSPS) is 16.8. The molecule has 3 aromatic rings. The van der Waals surface area contributed by atoms with Crippen LogP contribution in [0, 0.1) is 0 Å². The van der Waals surface area contributed by atoms with Gasteiger partial charge in [-0.25, -0.2) is 23.7 Å². The second-order valence-corrected chi connectivity index (χ2v) is 8.35. The Morgan fingerprint density at radius 1 is 1.14 bits per heavy atom. The Labute approximate surface area is 162 Å². The van der Waals surface area contributed by atoms with Gasteiger partial charge in [0.15, 0.2) is 11.5 Å². The van der Waals surface area contributed by atoms with Crippen molar-refractivity contribution >= 4 is 17.0 Å². The van der Waals surface area contributed by atoms with Gasteiger partial charge >= 0.3 is 0 Å². The SMILES string of the molecule is CC(C)(C)c1nc(N2CCC(F)(F)C2)c2[nH]c(CCc3ccccn3)nc2n1. The van der Waals surface area contributed by atoms with Crippen LogP contribution in [0.25, 0.3) is 11.2 Å². The number of alkyl halides is 2. The third kappa shape index (κ3) is 3.81. The van der Waals surface area contributed by atoms with Crippen LogP contribution in [0.15, 0.2) is 24.4 Å². The molecule has 0 unspecified atom stereocenters. The van der Waals surface area contributed by atoms with Gasteiger partial charge in [0.25, 0.3) is 5.92 Å². The number of H-pyrrole nitrogens is 1. The third-order valence-corrected chi connectivity index (χ3v) is 4.87. The highest BCUT2D eigenvalue weighted by Gasteiger charge is 2.40. The Hall–Kier alpha value is -2.64. The molecule has 3 aromatic heterocycles. The van der Waals surface area contributed by atoms with E-state index in [1.807, 2.05) is 39.0 Å². The molecule has 6 nitrogen and oxygen atoms in total. The Kier molecular flexibility index (Phi) is 4.51. The van der Waals surface area contributed by atoms with Crippen LogP contribution in [0.5, 0.6) is 0 Å². The number of nitrogens with one attached hydrogen (secondary N) is 1. The van der Waals surface area contributed by atoms with Crippen molar-refractivity contribution in [2.75, 3.05) is 18.0 Å².